The molecule has 0 atom stereocenters. The predicted molar refractivity (Wildman–Crippen MR) is 154 cm³/mol. The van der Waals surface area contributed by atoms with Gasteiger partial charge in [0.05, 0.1) is 17.8 Å². The molecule has 0 aromatic carbocycles. The first-order chi connectivity index (χ1) is 19.4. The summed E-state index contributed by atoms with van der Waals surface area (Å²) in [7, 11) is 5.00. The number of carbonyl (C=O) groups excluding carboxylic acids is 2. The van der Waals surface area contributed by atoms with Gasteiger partial charge >= 0.3 is 6.03 Å². The molecule has 0 spiro atoms. The van der Waals surface area contributed by atoms with Crippen molar-refractivity contribution in [2.75, 3.05) is 81.5 Å². The third-order valence-corrected chi connectivity index (χ3v) is 7.54. The van der Waals surface area contributed by atoms with Gasteiger partial charge in [0.15, 0.2) is 0 Å². The first kappa shape index (κ1) is 29.5. The standard InChI is InChI=1S/C27H36N8O4S/c1-33-9-10-34(23(36)17-33)16-19-12-18-6-5-8-35(25(18)32-24(19)26(38-2)39-3)27(37)31-22-13-21(29-7-11-40-4)20(14-28)15-30-22/h12-13,15,26H,5-11,16-17H2,1-4H3,(H2,29,30,31,37). The van der Waals surface area contributed by atoms with Crippen molar-refractivity contribution in [3.8, 4) is 6.07 Å². The van der Waals surface area contributed by atoms with Gasteiger partial charge in [-0.05, 0) is 43.3 Å². The molecule has 4 heterocycles. The van der Waals surface area contributed by atoms with E-state index in [4.69, 9.17) is 14.5 Å². The van der Waals surface area contributed by atoms with Crippen molar-refractivity contribution >= 4 is 41.0 Å². The van der Waals surface area contributed by atoms with Gasteiger partial charge in [-0.3, -0.25) is 19.9 Å². The minimum absolute atomic E-state index is 0.0574. The number of pyridine rings is 2. The minimum Gasteiger partial charge on any atom is -0.383 e. The fourth-order valence-electron chi connectivity index (χ4n) is 4.83. The van der Waals surface area contributed by atoms with Crippen LogP contribution in [-0.2, 0) is 27.2 Å². The zero-order chi connectivity index (χ0) is 28.6. The zero-order valence-corrected chi connectivity index (χ0v) is 24.2. The molecule has 12 nitrogen and oxygen atoms in total. The van der Waals surface area contributed by atoms with Crippen LogP contribution < -0.4 is 15.5 Å². The van der Waals surface area contributed by atoms with Crippen molar-refractivity contribution in [1.29, 1.82) is 5.26 Å². The van der Waals surface area contributed by atoms with E-state index in [-0.39, 0.29) is 11.9 Å². The number of nitriles is 1. The molecule has 2 aromatic heterocycles. The third-order valence-electron chi connectivity index (χ3n) is 6.92. The number of anilines is 3. The molecule has 2 aliphatic heterocycles. The molecule has 2 N–H and O–H groups in total. The van der Waals surface area contributed by atoms with Crippen LogP contribution in [0.2, 0.25) is 0 Å². The number of methoxy groups -OCH3 is 2. The summed E-state index contributed by atoms with van der Waals surface area (Å²) in [6, 6.07) is 5.44. The number of thioether (sulfide) groups is 1. The fourth-order valence-corrected chi connectivity index (χ4v) is 5.13. The van der Waals surface area contributed by atoms with Crippen LogP contribution in [0.4, 0.5) is 22.1 Å². The predicted octanol–water partition coefficient (Wildman–Crippen LogP) is 2.67. The molecule has 0 radical (unpaired) electrons. The normalized spacial score (nSPS) is 15.7. The van der Waals surface area contributed by atoms with Gasteiger partial charge < -0.3 is 19.7 Å². The molecule has 3 amide bonds. The number of amides is 3. The Kier molecular flexibility index (Phi) is 10.2. The Morgan fingerprint density at radius 2 is 2.05 bits per heavy atom. The topological polar surface area (TPSA) is 136 Å². The van der Waals surface area contributed by atoms with Crippen LogP contribution in [-0.4, -0.2) is 97.7 Å². The molecule has 2 aliphatic rings. The molecule has 13 heteroatoms. The summed E-state index contributed by atoms with van der Waals surface area (Å²) in [6.45, 7) is 3.33. The van der Waals surface area contributed by atoms with Gasteiger partial charge in [-0.15, -0.1) is 0 Å². The van der Waals surface area contributed by atoms with E-state index in [1.807, 2.05) is 29.2 Å². The molecular weight excluding hydrogens is 532 g/mol. The second kappa shape index (κ2) is 13.8. The lowest BCUT2D eigenvalue weighted by Gasteiger charge is -2.34. The van der Waals surface area contributed by atoms with E-state index in [1.165, 1.54) is 20.4 Å². The molecule has 1 fully saturated rings. The Balaban J connectivity index is 1.60. The summed E-state index contributed by atoms with van der Waals surface area (Å²) in [6.07, 6.45) is 4.21. The maximum absolute atomic E-state index is 13.5. The largest absolute Gasteiger partial charge is 0.383 e. The first-order valence-electron chi connectivity index (χ1n) is 13.1. The molecule has 214 valence electrons. The van der Waals surface area contributed by atoms with Gasteiger partial charge in [-0.25, -0.2) is 14.8 Å². The summed E-state index contributed by atoms with van der Waals surface area (Å²) in [4.78, 5) is 40.7. The minimum atomic E-state index is -0.759. The molecule has 1 saturated heterocycles. The van der Waals surface area contributed by atoms with Crippen LogP contribution in [0.25, 0.3) is 0 Å². The highest BCUT2D eigenvalue weighted by Crippen LogP contribution is 2.32. The lowest BCUT2D eigenvalue weighted by molar-refractivity contribution is -0.136. The molecule has 40 heavy (non-hydrogen) atoms. The Hall–Kier alpha value is -3.44. The van der Waals surface area contributed by atoms with Gasteiger partial charge in [-0.1, -0.05) is 0 Å². The number of ether oxygens (including phenoxy) is 2. The highest BCUT2D eigenvalue weighted by atomic mass is 32.2. The number of fused-ring (bicyclic) bond motifs is 1. The first-order valence-corrected chi connectivity index (χ1v) is 14.5. The second-order valence-corrected chi connectivity index (χ2v) is 10.7. The number of carbonyl (C=O) groups is 2. The van der Waals surface area contributed by atoms with E-state index >= 15 is 0 Å². The van der Waals surface area contributed by atoms with E-state index in [9.17, 15) is 14.9 Å². The molecule has 4 rings (SSSR count). The van der Waals surface area contributed by atoms with Crippen molar-refractivity contribution in [3.05, 3.63) is 40.7 Å². The molecule has 0 bridgehead atoms. The number of nitrogens with one attached hydrogen (secondary N) is 2. The van der Waals surface area contributed by atoms with Gasteiger partial charge in [0.2, 0.25) is 12.2 Å². The summed E-state index contributed by atoms with van der Waals surface area (Å²) in [5.74, 6) is 1.79. The number of likely N-dealkylation sites (N-methyl/N-ethyl adjacent to an activating group) is 1. The van der Waals surface area contributed by atoms with E-state index in [1.54, 1.807) is 22.7 Å². The molecular formula is C27H36N8O4S. The SMILES string of the molecule is COC(OC)c1nc2c(cc1CN1CCN(C)CC1=O)CCCN2C(=O)Nc1cc(NCCSC)c(C#N)cn1. The van der Waals surface area contributed by atoms with Gasteiger partial charge in [-0.2, -0.15) is 17.0 Å². The van der Waals surface area contributed by atoms with Gasteiger partial charge in [0.1, 0.15) is 23.4 Å². The van der Waals surface area contributed by atoms with Crippen molar-refractivity contribution in [1.82, 2.24) is 19.8 Å². The lowest BCUT2D eigenvalue weighted by Crippen LogP contribution is -2.48. The van der Waals surface area contributed by atoms with Crippen LogP contribution in [0, 0.1) is 11.3 Å². The van der Waals surface area contributed by atoms with E-state index in [0.717, 1.165) is 36.3 Å². The lowest BCUT2D eigenvalue weighted by atomic mass is 10.0. The van der Waals surface area contributed by atoms with E-state index < -0.39 is 6.29 Å². The summed E-state index contributed by atoms with van der Waals surface area (Å²) in [5.41, 5.74) is 3.31. The Morgan fingerprint density at radius 1 is 1.25 bits per heavy atom. The monoisotopic (exact) mass is 568 g/mol. The number of piperazine rings is 1. The van der Waals surface area contributed by atoms with Crippen molar-refractivity contribution in [2.45, 2.75) is 25.7 Å². The van der Waals surface area contributed by atoms with Crippen LogP contribution in [0.15, 0.2) is 18.3 Å². The summed E-state index contributed by atoms with van der Waals surface area (Å²) in [5, 5.41) is 15.5. The van der Waals surface area contributed by atoms with Crippen LogP contribution in [0.5, 0.6) is 0 Å². The highest BCUT2D eigenvalue weighted by molar-refractivity contribution is 7.98. The summed E-state index contributed by atoms with van der Waals surface area (Å²) >= 11 is 1.69. The number of rotatable bonds is 10. The third kappa shape index (κ3) is 6.82. The number of hydrogen-bond acceptors (Lipinski definition) is 10. The van der Waals surface area contributed by atoms with Crippen molar-refractivity contribution < 1.29 is 19.1 Å². The molecule has 0 saturated carbocycles. The maximum Gasteiger partial charge on any atom is 0.328 e. The van der Waals surface area contributed by atoms with Gasteiger partial charge in [0, 0.05) is 65.0 Å². The van der Waals surface area contributed by atoms with Crippen LogP contribution in [0.1, 0.15) is 35.1 Å². The Labute approximate surface area is 239 Å². The zero-order valence-electron chi connectivity index (χ0n) is 23.4. The van der Waals surface area contributed by atoms with Gasteiger partial charge in [0.25, 0.3) is 0 Å². The van der Waals surface area contributed by atoms with Crippen molar-refractivity contribution in [2.24, 2.45) is 0 Å². The van der Waals surface area contributed by atoms with E-state index in [0.29, 0.717) is 61.3 Å². The molecule has 0 aliphatic carbocycles. The smallest absolute Gasteiger partial charge is 0.328 e. The quantitative estimate of drug-likeness (QED) is 0.325. The maximum atomic E-state index is 13.5. The number of hydrogen-bond donors (Lipinski definition) is 2. The number of urea groups is 1. The molecule has 2 aromatic rings. The fraction of sp³-hybridized carbons (Fsp3) is 0.519. The number of nitrogens with zero attached hydrogens (tertiary/aromatic N) is 6. The van der Waals surface area contributed by atoms with Crippen molar-refractivity contribution in [3.63, 3.8) is 0 Å². The highest BCUT2D eigenvalue weighted by Gasteiger charge is 2.30. The second-order valence-electron chi connectivity index (χ2n) is 9.70. The van der Waals surface area contributed by atoms with E-state index in [2.05, 4.69) is 21.7 Å². The number of aromatic nitrogens is 2. The average molecular weight is 569 g/mol. The molecule has 0 unspecified atom stereocenters. The average Bonchev–Trinajstić information content (AvgIpc) is 2.95. The Bertz CT molecular complexity index is 1270. The Morgan fingerprint density at radius 3 is 2.75 bits per heavy atom. The number of aryl methyl sites for hydroxylation is 1. The summed E-state index contributed by atoms with van der Waals surface area (Å²) < 4.78 is 11.1. The van der Waals surface area contributed by atoms with Crippen LogP contribution >= 0.6 is 11.8 Å². The van der Waals surface area contributed by atoms with Crippen LogP contribution in [0.3, 0.4) is 0 Å².